The van der Waals surface area contributed by atoms with Crippen molar-refractivity contribution in [1.82, 2.24) is 9.03 Å². The Balaban J connectivity index is 1.56. The fourth-order valence-corrected chi connectivity index (χ4v) is 6.27. The van der Waals surface area contributed by atoms with Crippen LogP contribution < -0.4 is 9.46 Å². The number of hydrogen-bond acceptors (Lipinski definition) is 7. The predicted octanol–water partition coefficient (Wildman–Crippen LogP) is 3.14. The molecule has 0 aliphatic carbocycles. The smallest absolute Gasteiger partial charge is 0.243 e. The van der Waals surface area contributed by atoms with Gasteiger partial charge in [0.15, 0.2) is 0 Å². The molecule has 1 saturated heterocycles. The Labute approximate surface area is 205 Å². The number of furan rings is 1. The Morgan fingerprint density at radius 2 is 1.77 bits per heavy atom. The zero-order valence-electron chi connectivity index (χ0n) is 19.3. The Hall–Kier alpha value is -2.70. The molecule has 1 aromatic heterocycles. The molecule has 11 heteroatoms. The van der Waals surface area contributed by atoms with Gasteiger partial charge < -0.3 is 13.9 Å². The quantitative estimate of drug-likeness (QED) is 0.413. The van der Waals surface area contributed by atoms with Gasteiger partial charge in [-0.25, -0.2) is 21.6 Å². The Morgan fingerprint density at radius 3 is 2.43 bits per heavy atom. The number of benzene rings is 2. The first-order chi connectivity index (χ1) is 16.8. The molecule has 0 radical (unpaired) electrons. The van der Waals surface area contributed by atoms with E-state index in [9.17, 15) is 16.8 Å². The Kier molecular flexibility index (Phi) is 7.92. The van der Waals surface area contributed by atoms with Crippen LogP contribution in [0, 0.1) is 0 Å². The van der Waals surface area contributed by atoms with Crippen molar-refractivity contribution in [3.8, 4) is 5.75 Å². The fourth-order valence-electron chi connectivity index (χ4n) is 3.81. The highest BCUT2D eigenvalue weighted by Gasteiger charge is 2.27. The van der Waals surface area contributed by atoms with Crippen LogP contribution in [0.25, 0.3) is 0 Å². The molecular formula is C24H28N2O7S2. The van der Waals surface area contributed by atoms with Crippen LogP contribution in [0.3, 0.4) is 0 Å². The number of ether oxygens (including phenoxy) is 2. The van der Waals surface area contributed by atoms with Crippen molar-refractivity contribution in [2.24, 2.45) is 0 Å². The van der Waals surface area contributed by atoms with Crippen molar-refractivity contribution in [1.29, 1.82) is 0 Å². The minimum absolute atomic E-state index is 0.00946. The normalized spacial score (nSPS) is 16.6. The van der Waals surface area contributed by atoms with E-state index in [4.69, 9.17) is 13.9 Å². The average Bonchev–Trinajstić information content (AvgIpc) is 3.57. The second-order valence-electron chi connectivity index (χ2n) is 8.16. The molecule has 1 atom stereocenters. The average molecular weight is 521 g/mol. The summed E-state index contributed by atoms with van der Waals surface area (Å²) in [5.74, 6) is 1.09. The van der Waals surface area contributed by atoms with Crippen molar-refractivity contribution in [3.05, 3.63) is 78.3 Å². The van der Waals surface area contributed by atoms with Crippen LogP contribution in [0.1, 0.15) is 24.2 Å². The Morgan fingerprint density at radius 1 is 1.00 bits per heavy atom. The van der Waals surface area contributed by atoms with Gasteiger partial charge in [0.1, 0.15) is 11.5 Å². The highest BCUT2D eigenvalue weighted by molar-refractivity contribution is 7.89. The van der Waals surface area contributed by atoms with Crippen LogP contribution in [0.15, 0.2) is 81.1 Å². The maximum Gasteiger partial charge on any atom is 0.243 e. The van der Waals surface area contributed by atoms with E-state index in [2.05, 4.69) is 4.72 Å². The van der Waals surface area contributed by atoms with Gasteiger partial charge in [-0.1, -0.05) is 12.1 Å². The summed E-state index contributed by atoms with van der Waals surface area (Å²) in [6, 6.07) is 15.7. The molecule has 0 saturated carbocycles. The summed E-state index contributed by atoms with van der Waals surface area (Å²) in [5.41, 5.74) is 0.733. The minimum Gasteiger partial charge on any atom is -0.497 e. The summed E-state index contributed by atoms with van der Waals surface area (Å²) in [7, 11) is -6.24. The molecule has 0 unspecified atom stereocenters. The summed E-state index contributed by atoms with van der Waals surface area (Å²) < 4.78 is 72.3. The zero-order chi connectivity index (χ0) is 24.9. The van der Waals surface area contributed by atoms with Gasteiger partial charge in [-0.15, -0.1) is 0 Å². The molecule has 35 heavy (non-hydrogen) atoms. The van der Waals surface area contributed by atoms with Crippen molar-refractivity contribution >= 4 is 20.0 Å². The van der Waals surface area contributed by atoms with E-state index in [1.54, 1.807) is 37.4 Å². The summed E-state index contributed by atoms with van der Waals surface area (Å²) >= 11 is 0. The fraction of sp³-hybridized carbons (Fsp3) is 0.333. The molecule has 3 aromatic rings. The van der Waals surface area contributed by atoms with E-state index in [0.717, 1.165) is 18.4 Å². The second kappa shape index (κ2) is 10.9. The van der Waals surface area contributed by atoms with E-state index in [-0.39, 0.29) is 35.5 Å². The molecule has 1 fully saturated rings. The Bertz CT molecular complexity index is 1320. The lowest BCUT2D eigenvalue weighted by atomic mass is 10.2. The van der Waals surface area contributed by atoms with Gasteiger partial charge in [0.05, 0.1) is 35.8 Å². The number of rotatable bonds is 11. The lowest BCUT2D eigenvalue weighted by Crippen LogP contribution is -2.32. The van der Waals surface area contributed by atoms with Crippen molar-refractivity contribution in [2.75, 3.05) is 20.3 Å². The van der Waals surface area contributed by atoms with Gasteiger partial charge in [-0.2, -0.15) is 4.31 Å². The molecule has 1 N–H and O–H groups in total. The SMILES string of the molecule is COc1cccc(CN(Cc2ccco2)S(=O)(=O)c2ccc(S(=O)(=O)NC[C@H]3CCCO3)cc2)c1. The van der Waals surface area contributed by atoms with Crippen molar-refractivity contribution in [2.45, 2.75) is 41.8 Å². The third-order valence-corrected chi connectivity index (χ3v) is 8.95. The van der Waals surface area contributed by atoms with Crippen LogP contribution in [0.4, 0.5) is 0 Å². The molecule has 188 valence electrons. The van der Waals surface area contributed by atoms with E-state index >= 15 is 0 Å². The number of methoxy groups -OCH3 is 1. The van der Waals surface area contributed by atoms with E-state index < -0.39 is 20.0 Å². The number of hydrogen-bond donors (Lipinski definition) is 1. The molecular weight excluding hydrogens is 492 g/mol. The predicted molar refractivity (Wildman–Crippen MR) is 129 cm³/mol. The van der Waals surface area contributed by atoms with Crippen LogP contribution in [0.2, 0.25) is 0 Å². The first-order valence-electron chi connectivity index (χ1n) is 11.1. The topological polar surface area (TPSA) is 115 Å². The number of sulfonamides is 2. The van der Waals surface area contributed by atoms with Crippen LogP contribution in [-0.4, -0.2) is 47.5 Å². The largest absolute Gasteiger partial charge is 0.497 e. The van der Waals surface area contributed by atoms with Crippen molar-refractivity contribution in [3.63, 3.8) is 0 Å². The maximum absolute atomic E-state index is 13.5. The maximum atomic E-state index is 13.5. The van der Waals surface area contributed by atoms with Crippen LogP contribution in [-0.2, 0) is 37.9 Å². The molecule has 0 spiro atoms. The molecule has 1 aliphatic rings. The van der Waals surface area contributed by atoms with Gasteiger partial charge in [0, 0.05) is 19.7 Å². The molecule has 2 heterocycles. The standard InChI is InChI=1S/C24H28N2O7S2/c1-31-20-6-2-5-19(15-20)17-26(18-22-8-4-14-33-22)35(29,30)24-11-9-23(10-12-24)34(27,28)25-16-21-7-3-13-32-21/h2,4-6,8-12,14-15,21,25H,3,7,13,16-18H2,1H3/t21-/m1/s1. The first-order valence-corrected chi connectivity index (χ1v) is 14.1. The lowest BCUT2D eigenvalue weighted by molar-refractivity contribution is 0.114. The number of nitrogens with one attached hydrogen (secondary N) is 1. The van der Waals surface area contributed by atoms with Crippen LogP contribution in [0.5, 0.6) is 5.75 Å². The molecule has 2 aromatic carbocycles. The summed E-state index contributed by atoms with van der Waals surface area (Å²) in [6.07, 6.45) is 3.05. The van der Waals surface area contributed by atoms with E-state index in [1.807, 2.05) is 6.07 Å². The summed E-state index contributed by atoms with van der Waals surface area (Å²) in [4.78, 5) is -0.0372. The van der Waals surface area contributed by atoms with E-state index in [1.165, 1.54) is 34.8 Å². The highest BCUT2D eigenvalue weighted by atomic mass is 32.2. The van der Waals surface area contributed by atoms with Gasteiger partial charge in [-0.05, 0) is 66.9 Å². The molecule has 0 bridgehead atoms. The van der Waals surface area contributed by atoms with E-state index in [0.29, 0.717) is 18.1 Å². The molecule has 0 amide bonds. The highest BCUT2D eigenvalue weighted by Crippen LogP contribution is 2.24. The summed E-state index contributed by atoms with van der Waals surface area (Å²) in [5, 5.41) is 0. The third-order valence-electron chi connectivity index (χ3n) is 5.70. The van der Waals surface area contributed by atoms with Gasteiger partial charge >= 0.3 is 0 Å². The van der Waals surface area contributed by atoms with Crippen LogP contribution >= 0.6 is 0 Å². The monoisotopic (exact) mass is 520 g/mol. The zero-order valence-corrected chi connectivity index (χ0v) is 20.9. The molecule has 4 rings (SSSR count). The lowest BCUT2D eigenvalue weighted by Gasteiger charge is -2.22. The van der Waals surface area contributed by atoms with Gasteiger partial charge in [-0.3, -0.25) is 0 Å². The van der Waals surface area contributed by atoms with Gasteiger partial charge in [0.25, 0.3) is 0 Å². The molecule has 1 aliphatic heterocycles. The third kappa shape index (κ3) is 6.30. The first kappa shape index (κ1) is 25.4. The molecule has 9 nitrogen and oxygen atoms in total. The minimum atomic E-state index is -3.99. The summed E-state index contributed by atoms with van der Waals surface area (Å²) in [6.45, 7) is 0.891. The van der Waals surface area contributed by atoms with Crippen molar-refractivity contribution < 1.29 is 30.7 Å². The van der Waals surface area contributed by atoms with Gasteiger partial charge in [0.2, 0.25) is 20.0 Å². The second-order valence-corrected chi connectivity index (χ2v) is 11.9. The number of nitrogens with zero attached hydrogens (tertiary/aromatic N) is 1.